The van der Waals surface area contributed by atoms with Crippen molar-refractivity contribution in [1.29, 1.82) is 0 Å². The molecule has 0 fully saturated rings. The van der Waals surface area contributed by atoms with Crippen LogP contribution < -0.4 is 0 Å². The first-order valence-corrected chi connectivity index (χ1v) is 6.31. The molecule has 0 saturated carbocycles. The van der Waals surface area contributed by atoms with Crippen molar-refractivity contribution in [2.75, 3.05) is 0 Å². The molecule has 0 unspecified atom stereocenters. The van der Waals surface area contributed by atoms with Crippen LogP contribution in [-0.4, -0.2) is 10.8 Å². The number of benzene rings is 1. The number of aromatic nitrogens is 1. The molecule has 0 N–H and O–H groups in total. The molecular formula is C16H17NO. The van der Waals surface area contributed by atoms with Crippen molar-refractivity contribution in [2.45, 2.75) is 26.2 Å². The zero-order valence-corrected chi connectivity index (χ0v) is 10.6. The monoisotopic (exact) mass is 239 g/mol. The molecule has 1 aromatic heterocycles. The summed E-state index contributed by atoms with van der Waals surface area (Å²) in [6, 6.07) is 13.7. The van der Waals surface area contributed by atoms with Gasteiger partial charge in [-0.05, 0) is 30.5 Å². The van der Waals surface area contributed by atoms with Gasteiger partial charge in [0.1, 0.15) is 0 Å². The number of ketones is 1. The van der Waals surface area contributed by atoms with Gasteiger partial charge in [0.25, 0.3) is 0 Å². The molecule has 0 aliphatic carbocycles. The Morgan fingerprint density at radius 2 is 1.89 bits per heavy atom. The first-order chi connectivity index (χ1) is 8.79. The van der Waals surface area contributed by atoms with Crippen LogP contribution in [-0.2, 0) is 12.8 Å². The maximum absolute atomic E-state index is 12.0. The standard InChI is InChI=1S/C16H17NO/c1-2-13-6-8-14(9-7-13)16(18)11-10-15-5-3-4-12-17-15/h3-9,12H,2,10-11H2,1H3. The predicted molar refractivity (Wildman–Crippen MR) is 72.7 cm³/mol. The maximum Gasteiger partial charge on any atom is 0.163 e. The van der Waals surface area contributed by atoms with Crippen LogP contribution in [0.15, 0.2) is 48.7 Å². The second kappa shape index (κ2) is 6.10. The lowest BCUT2D eigenvalue weighted by atomic mass is 10.0. The van der Waals surface area contributed by atoms with Crippen LogP contribution in [0.5, 0.6) is 0 Å². The minimum atomic E-state index is 0.184. The van der Waals surface area contributed by atoms with Gasteiger partial charge in [0.05, 0.1) is 0 Å². The molecule has 0 amide bonds. The Morgan fingerprint density at radius 1 is 1.11 bits per heavy atom. The molecule has 92 valence electrons. The van der Waals surface area contributed by atoms with Crippen LogP contribution >= 0.6 is 0 Å². The lowest BCUT2D eigenvalue weighted by molar-refractivity contribution is 0.0982. The summed E-state index contributed by atoms with van der Waals surface area (Å²) < 4.78 is 0. The molecule has 0 aliphatic rings. The van der Waals surface area contributed by atoms with E-state index in [-0.39, 0.29) is 5.78 Å². The number of hydrogen-bond acceptors (Lipinski definition) is 2. The first kappa shape index (κ1) is 12.5. The van der Waals surface area contributed by atoms with E-state index in [1.807, 2.05) is 42.5 Å². The first-order valence-electron chi connectivity index (χ1n) is 6.31. The van der Waals surface area contributed by atoms with Gasteiger partial charge in [-0.3, -0.25) is 9.78 Å². The number of carbonyl (C=O) groups is 1. The average molecular weight is 239 g/mol. The minimum absolute atomic E-state index is 0.184. The third-order valence-electron chi connectivity index (χ3n) is 3.02. The summed E-state index contributed by atoms with van der Waals surface area (Å²) in [5, 5.41) is 0. The Morgan fingerprint density at radius 3 is 2.50 bits per heavy atom. The van der Waals surface area contributed by atoms with E-state index in [0.29, 0.717) is 12.8 Å². The molecule has 0 bridgehead atoms. The van der Waals surface area contributed by atoms with Crippen molar-refractivity contribution < 1.29 is 4.79 Å². The lowest BCUT2D eigenvalue weighted by Crippen LogP contribution is -2.02. The van der Waals surface area contributed by atoms with E-state index < -0.39 is 0 Å². The summed E-state index contributed by atoms with van der Waals surface area (Å²) in [5.41, 5.74) is 3.02. The zero-order valence-electron chi connectivity index (χ0n) is 10.6. The Hall–Kier alpha value is -1.96. The number of carbonyl (C=O) groups excluding carboxylic acids is 1. The van der Waals surface area contributed by atoms with Crippen molar-refractivity contribution in [2.24, 2.45) is 0 Å². The summed E-state index contributed by atoms with van der Waals surface area (Å²) in [5.74, 6) is 0.184. The van der Waals surface area contributed by atoms with Gasteiger partial charge >= 0.3 is 0 Å². The van der Waals surface area contributed by atoms with Crippen LogP contribution in [0.3, 0.4) is 0 Å². The van der Waals surface area contributed by atoms with E-state index in [0.717, 1.165) is 17.7 Å². The van der Waals surface area contributed by atoms with Crippen LogP contribution in [0.1, 0.15) is 35.0 Å². The second-order valence-electron chi connectivity index (χ2n) is 4.29. The van der Waals surface area contributed by atoms with Crippen LogP contribution in [0.25, 0.3) is 0 Å². The smallest absolute Gasteiger partial charge is 0.163 e. The van der Waals surface area contributed by atoms with Gasteiger partial charge in [0.15, 0.2) is 5.78 Å². The van der Waals surface area contributed by atoms with Crippen molar-refractivity contribution >= 4 is 5.78 Å². The molecule has 2 heteroatoms. The van der Waals surface area contributed by atoms with Gasteiger partial charge in [0, 0.05) is 23.9 Å². The fourth-order valence-electron chi connectivity index (χ4n) is 1.86. The summed E-state index contributed by atoms with van der Waals surface area (Å²) in [6.45, 7) is 2.11. The number of rotatable bonds is 5. The molecule has 0 saturated heterocycles. The Kier molecular flexibility index (Phi) is 4.24. The van der Waals surface area contributed by atoms with Crippen molar-refractivity contribution in [1.82, 2.24) is 4.98 Å². The molecule has 1 aromatic carbocycles. The Labute approximate surface area is 108 Å². The van der Waals surface area contributed by atoms with E-state index in [2.05, 4.69) is 11.9 Å². The zero-order chi connectivity index (χ0) is 12.8. The van der Waals surface area contributed by atoms with Gasteiger partial charge in [-0.25, -0.2) is 0 Å². The normalized spacial score (nSPS) is 10.3. The van der Waals surface area contributed by atoms with Gasteiger partial charge in [-0.2, -0.15) is 0 Å². The van der Waals surface area contributed by atoms with E-state index in [1.165, 1.54) is 5.56 Å². The van der Waals surface area contributed by atoms with Crippen LogP contribution in [0, 0.1) is 0 Å². The van der Waals surface area contributed by atoms with Gasteiger partial charge in [-0.15, -0.1) is 0 Å². The molecule has 2 aromatic rings. The van der Waals surface area contributed by atoms with Crippen molar-refractivity contribution in [3.8, 4) is 0 Å². The highest BCUT2D eigenvalue weighted by Crippen LogP contribution is 2.09. The fraction of sp³-hybridized carbons (Fsp3) is 0.250. The van der Waals surface area contributed by atoms with Crippen molar-refractivity contribution in [3.05, 3.63) is 65.5 Å². The van der Waals surface area contributed by atoms with E-state index in [1.54, 1.807) is 6.20 Å². The van der Waals surface area contributed by atoms with Crippen LogP contribution in [0.2, 0.25) is 0 Å². The number of nitrogens with zero attached hydrogens (tertiary/aromatic N) is 1. The summed E-state index contributed by atoms with van der Waals surface area (Å²) in [4.78, 5) is 16.2. The fourth-order valence-corrected chi connectivity index (χ4v) is 1.86. The third-order valence-corrected chi connectivity index (χ3v) is 3.02. The highest BCUT2D eigenvalue weighted by molar-refractivity contribution is 5.96. The molecule has 2 nitrogen and oxygen atoms in total. The molecule has 0 spiro atoms. The largest absolute Gasteiger partial charge is 0.294 e. The van der Waals surface area contributed by atoms with Crippen LogP contribution in [0.4, 0.5) is 0 Å². The highest BCUT2D eigenvalue weighted by atomic mass is 16.1. The molecule has 0 radical (unpaired) electrons. The molecular weight excluding hydrogens is 222 g/mol. The van der Waals surface area contributed by atoms with Gasteiger partial charge in [0.2, 0.25) is 0 Å². The predicted octanol–water partition coefficient (Wildman–Crippen LogP) is 3.46. The Bertz CT molecular complexity index is 502. The third kappa shape index (κ3) is 3.27. The molecule has 18 heavy (non-hydrogen) atoms. The van der Waals surface area contributed by atoms with Crippen molar-refractivity contribution in [3.63, 3.8) is 0 Å². The topological polar surface area (TPSA) is 30.0 Å². The highest BCUT2D eigenvalue weighted by Gasteiger charge is 2.06. The molecule has 2 rings (SSSR count). The maximum atomic E-state index is 12.0. The van der Waals surface area contributed by atoms with Gasteiger partial charge < -0.3 is 0 Å². The molecule has 1 heterocycles. The lowest BCUT2D eigenvalue weighted by Gasteiger charge is -2.02. The molecule has 0 atom stereocenters. The second-order valence-corrected chi connectivity index (χ2v) is 4.29. The number of Topliss-reactive ketones (excluding diaryl/α,β-unsaturated/α-hetero) is 1. The number of hydrogen-bond donors (Lipinski definition) is 0. The van der Waals surface area contributed by atoms with E-state index in [4.69, 9.17) is 0 Å². The van der Waals surface area contributed by atoms with E-state index in [9.17, 15) is 4.79 Å². The quantitative estimate of drug-likeness (QED) is 0.748. The van der Waals surface area contributed by atoms with Gasteiger partial charge in [-0.1, -0.05) is 37.3 Å². The molecule has 0 aliphatic heterocycles. The SMILES string of the molecule is CCc1ccc(C(=O)CCc2ccccn2)cc1. The summed E-state index contributed by atoms with van der Waals surface area (Å²) in [7, 11) is 0. The minimum Gasteiger partial charge on any atom is -0.294 e. The number of aryl methyl sites for hydroxylation is 2. The average Bonchev–Trinajstić information content (AvgIpc) is 2.46. The number of pyridine rings is 1. The summed E-state index contributed by atoms with van der Waals surface area (Å²) in [6.07, 6.45) is 3.98. The summed E-state index contributed by atoms with van der Waals surface area (Å²) >= 11 is 0. The van der Waals surface area contributed by atoms with E-state index >= 15 is 0 Å². The Balaban J connectivity index is 1.95.